The zero-order valence-electron chi connectivity index (χ0n) is 16.1. The Labute approximate surface area is 162 Å². The molecule has 4 aliphatic rings. The SMILES string of the molecule is O=S1(=O)CCC(CN=C(NC2CCCCC2)NC2CCC3(C2)OCCO3)C1. The summed E-state index contributed by atoms with van der Waals surface area (Å²) in [7, 11) is -2.85. The molecule has 0 radical (unpaired) electrons. The van der Waals surface area contributed by atoms with Crippen LogP contribution >= 0.6 is 0 Å². The summed E-state index contributed by atoms with van der Waals surface area (Å²) in [6, 6.07) is 0.747. The van der Waals surface area contributed by atoms with Gasteiger partial charge in [-0.05, 0) is 31.6 Å². The molecule has 27 heavy (non-hydrogen) atoms. The molecule has 4 rings (SSSR count). The Kier molecular flexibility index (Phi) is 5.94. The van der Waals surface area contributed by atoms with Gasteiger partial charge in [-0.3, -0.25) is 4.99 Å². The molecule has 7 nitrogen and oxygen atoms in total. The summed E-state index contributed by atoms with van der Waals surface area (Å²) in [5, 5.41) is 7.20. The third-order valence-corrected chi connectivity index (χ3v) is 8.20. The maximum atomic E-state index is 11.7. The third-order valence-electron chi connectivity index (χ3n) is 6.37. The first-order chi connectivity index (χ1) is 13.0. The fourth-order valence-electron chi connectivity index (χ4n) is 4.86. The van der Waals surface area contributed by atoms with Crippen molar-refractivity contribution in [1.29, 1.82) is 0 Å². The highest BCUT2D eigenvalue weighted by molar-refractivity contribution is 7.91. The molecule has 2 unspecified atom stereocenters. The molecular weight excluding hydrogens is 366 g/mol. The van der Waals surface area contributed by atoms with Gasteiger partial charge in [-0.1, -0.05) is 19.3 Å². The first-order valence-electron chi connectivity index (χ1n) is 10.6. The molecule has 2 N–H and O–H groups in total. The molecule has 1 spiro atoms. The van der Waals surface area contributed by atoms with Crippen LogP contribution in [0.3, 0.4) is 0 Å². The van der Waals surface area contributed by atoms with Crippen LogP contribution in [-0.2, 0) is 19.3 Å². The van der Waals surface area contributed by atoms with Crippen molar-refractivity contribution in [3.63, 3.8) is 0 Å². The Morgan fingerprint density at radius 3 is 2.44 bits per heavy atom. The van der Waals surface area contributed by atoms with Crippen molar-refractivity contribution < 1.29 is 17.9 Å². The summed E-state index contributed by atoms with van der Waals surface area (Å²) in [5.74, 6) is 1.18. The highest BCUT2D eigenvalue weighted by Crippen LogP contribution is 2.37. The summed E-state index contributed by atoms with van der Waals surface area (Å²) >= 11 is 0. The first-order valence-corrected chi connectivity index (χ1v) is 12.4. The van der Waals surface area contributed by atoms with Crippen molar-refractivity contribution in [1.82, 2.24) is 10.6 Å². The first kappa shape index (κ1) is 19.5. The van der Waals surface area contributed by atoms with E-state index in [9.17, 15) is 8.42 Å². The molecular formula is C19H33N3O4S. The number of aliphatic imine (C=N–C) groups is 1. The molecule has 0 bridgehead atoms. The van der Waals surface area contributed by atoms with Gasteiger partial charge in [0, 0.05) is 31.5 Å². The van der Waals surface area contributed by atoms with E-state index in [4.69, 9.17) is 14.5 Å². The van der Waals surface area contributed by atoms with Gasteiger partial charge in [-0.25, -0.2) is 8.42 Å². The smallest absolute Gasteiger partial charge is 0.191 e. The summed E-state index contributed by atoms with van der Waals surface area (Å²) < 4.78 is 35.1. The van der Waals surface area contributed by atoms with Gasteiger partial charge < -0.3 is 20.1 Å². The van der Waals surface area contributed by atoms with Gasteiger partial charge in [-0.2, -0.15) is 0 Å². The standard InChI is InChI=1S/C19H33N3O4S/c23-27(24)11-7-15(14-27)13-20-18(21-16-4-2-1-3-5-16)22-17-6-8-19(12-17)25-9-10-26-19/h15-17H,1-14H2,(H2,20,21,22). The minimum atomic E-state index is -2.85. The second-order valence-corrected chi connectivity index (χ2v) is 10.9. The Morgan fingerprint density at radius 1 is 1.00 bits per heavy atom. The van der Waals surface area contributed by atoms with Crippen LogP contribution in [-0.4, -0.2) is 63.5 Å². The average molecular weight is 400 g/mol. The number of nitrogens with zero attached hydrogens (tertiary/aromatic N) is 1. The summed E-state index contributed by atoms with van der Waals surface area (Å²) in [6.45, 7) is 1.94. The highest BCUT2D eigenvalue weighted by Gasteiger charge is 2.44. The topological polar surface area (TPSA) is 89.0 Å². The second-order valence-electron chi connectivity index (χ2n) is 8.63. The zero-order valence-corrected chi connectivity index (χ0v) is 16.9. The van der Waals surface area contributed by atoms with Crippen LogP contribution in [0.15, 0.2) is 4.99 Å². The molecule has 2 saturated carbocycles. The van der Waals surface area contributed by atoms with Crippen LogP contribution in [0.4, 0.5) is 0 Å². The predicted molar refractivity (Wildman–Crippen MR) is 104 cm³/mol. The van der Waals surface area contributed by atoms with Gasteiger partial charge in [0.05, 0.1) is 24.7 Å². The molecule has 8 heteroatoms. The number of guanidine groups is 1. The van der Waals surface area contributed by atoms with Crippen molar-refractivity contribution in [3.8, 4) is 0 Å². The lowest BCUT2D eigenvalue weighted by Crippen LogP contribution is -2.48. The lowest BCUT2D eigenvalue weighted by Gasteiger charge is -2.27. The fraction of sp³-hybridized carbons (Fsp3) is 0.947. The van der Waals surface area contributed by atoms with Crippen LogP contribution in [0.5, 0.6) is 0 Å². The van der Waals surface area contributed by atoms with Gasteiger partial charge in [0.1, 0.15) is 0 Å². The van der Waals surface area contributed by atoms with E-state index in [0.29, 0.717) is 31.6 Å². The summed E-state index contributed by atoms with van der Waals surface area (Å²) in [6.07, 6.45) is 9.70. The lowest BCUT2D eigenvalue weighted by atomic mass is 9.96. The van der Waals surface area contributed by atoms with Crippen molar-refractivity contribution in [2.75, 3.05) is 31.3 Å². The normalized spacial score (nSPS) is 33.6. The van der Waals surface area contributed by atoms with Gasteiger partial charge >= 0.3 is 0 Å². The number of hydrogen-bond acceptors (Lipinski definition) is 5. The number of sulfone groups is 1. The van der Waals surface area contributed by atoms with E-state index in [-0.39, 0.29) is 17.7 Å². The van der Waals surface area contributed by atoms with E-state index in [0.717, 1.165) is 31.6 Å². The van der Waals surface area contributed by atoms with Crippen LogP contribution in [0.25, 0.3) is 0 Å². The molecule has 2 aliphatic carbocycles. The average Bonchev–Trinajstić information content (AvgIpc) is 3.36. The number of nitrogens with one attached hydrogen (secondary N) is 2. The van der Waals surface area contributed by atoms with Crippen LogP contribution in [0.1, 0.15) is 57.8 Å². The zero-order chi connectivity index (χ0) is 18.7. The number of hydrogen-bond donors (Lipinski definition) is 2. The van der Waals surface area contributed by atoms with Crippen LogP contribution < -0.4 is 10.6 Å². The third kappa shape index (κ3) is 5.15. The van der Waals surface area contributed by atoms with Gasteiger partial charge in [0.25, 0.3) is 0 Å². The molecule has 2 atom stereocenters. The van der Waals surface area contributed by atoms with Crippen molar-refractivity contribution in [2.45, 2.75) is 75.7 Å². The Morgan fingerprint density at radius 2 is 1.74 bits per heavy atom. The van der Waals surface area contributed by atoms with Gasteiger partial charge in [-0.15, -0.1) is 0 Å². The van der Waals surface area contributed by atoms with E-state index < -0.39 is 15.6 Å². The molecule has 2 saturated heterocycles. The predicted octanol–water partition coefficient (Wildman–Crippen LogP) is 1.58. The molecule has 0 amide bonds. The minimum absolute atomic E-state index is 0.149. The van der Waals surface area contributed by atoms with Gasteiger partial charge in [0.15, 0.2) is 21.6 Å². The highest BCUT2D eigenvalue weighted by atomic mass is 32.2. The van der Waals surface area contributed by atoms with E-state index in [1.165, 1.54) is 32.1 Å². The van der Waals surface area contributed by atoms with Gasteiger partial charge in [0.2, 0.25) is 0 Å². The molecule has 0 aromatic heterocycles. The molecule has 0 aromatic carbocycles. The largest absolute Gasteiger partial charge is 0.354 e. The van der Waals surface area contributed by atoms with E-state index in [1.54, 1.807) is 0 Å². The molecule has 4 fully saturated rings. The lowest BCUT2D eigenvalue weighted by molar-refractivity contribution is -0.151. The van der Waals surface area contributed by atoms with Crippen molar-refractivity contribution >= 4 is 15.8 Å². The fourth-order valence-corrected chi connectivity index (χ4v) is 6.71. The number of ether oxygens (including phenoxy) is 2. The number of rotatable bonds is 4. The molecule has 2 heterocycles. The van der Waals surface area contributed by atoms with E-state index in [2.05, 4.69) is 10.6 Å². The van der Waals surface area contributed by atoms with Crippen LogP contribution in [0, 0.1) is 5.92 Å². The molecule has 154 valence electrons. The monoisotopic (exact) mass is 399 g/mol. The van der Waals surface area contributed by atoms with E-state index >= 15 is 0 Å². The second kappa shape index (κ2) is 8.25. The quantitative estimate of drug-likeness (QED) is 0.551. The van der Waals surface area contributed by atoms with Crippen molar-refractivity contribution in [3.05, 3.63) is 0 Å². The molecule has 0 aromatic rings. The maximum absolute atomic E-state index is 11.7. The maximum Gasteiger partial charge on any atom is 0.191 e. The summed E-state index contributed by atoms with van der Waals surface area (Å²) in [5.41, 5.74) is 0. The molecule has 2 aliphatic heterocycles. The van der Waals surface area contributed by atoms with Crippen molar-refractivity contribution in [2.24, 2.45) is 10.9 Å². The summed E-state index contributed by atoms with van der Waals surface area (Å²) in [4.78, 5) is 4.79. The Hall–Kier alpha value is -0.860. The van der Waals surface area contributed by atoms with Crippen LogP contribution in [0.2, 0.25) is 0 Å². The minimum Gasteiger partial charge on any atom is -0.354 e. The van der Waals surface area contributed by atoms with E-state index in [1.807, 2.05) is 0 Å². The Bertz CT molecular complexity index is 639. The Balaban J connectivity index is 1.37.